The summed E-state index contributed by atoms with van der Waals surface area (Å²) in [6.07, 6.45) is 0. The number of sulfonamides is 1. The molecule has 0 aliphatic carbocycles. The molecule has 27 heavy (non-hydrogen) atoms. The molecule has 0 unspecified atom stereocenters. The molecule has 0 radical (unpaired) electrons. The summed E-state index contributed by atoms with van der Waals surface area (Å²) in [4.78, 5) is -0.145. The van der Waals surface area contributed by atoms with Crippen LogP contribution >= 0.6 is 34.8 Å². The number of rotatable bonds is 5. The molecule has 1 N–H and O–H groups in total. The van der Waals surface area contributed by atoms with Crippen molar-refractivity contribution < 1.29 is 8.42 Å². The fourth-order valence-electron chi connectivity index (χ4n) is 2.65. The predicted molar refractivity (Wildman–Crippen MR) is 110 cm³/mol. The van der Waals surface area contributed by atoms with Gasteiger partial charge in [-0.15, -0.1) is 0 Å². The molecule has 3 rings (SSSR count). The zero-order valence-corrected chi connectivity index (χ0v) is 17.6. The number of anilines is 1. The zero-order valence-electron chi connectivity index (χ0n) is 14.5. The lowest BCUT2D eigenvalue weighted by molar-refractivity contribution is 0.601. The minimum atomic E-state index is -3.97. The average molecular weight is 445 g/mol. The molecule has 0 aliphatic rings. The van der Waals surface area contributed by atoms with Crippen molar-refractivity contribution in [3.8, 4) is 0 Å². The summed E-state index contributed by atoms with van der Waals surface area (Å²) in [5.74, 6) is 0. The summed E-state index contributed by atoms with van der Waals surface area (Å²) >= 11 is 17.9. The first-order valence-corrected chi connectivity index (χ1v) is 10.6. The van der Waals surface area contributed by atoms with Crippen LogP contribution in [0.4, 0.5) is 5.69 Å². The van der Waals surface area contributed by atoms with Crippen molar-refractivity contribution >= 4 is 50.5 Å². The van der Waals surface area contributed by atoms with Gasteiger partial charge in [-0.2, -0.15) is 5.10 Å². The van der Waals surface area contributed by atoms with Gasteiger partial charge in [-0.1, -0.05) is 65.1 Å². The summed E-state index contributed by atoms with van der Waals surface area (Å²) in [5, 5.41) is 4.73. The van der Waals surface area contributed by atoms with Crippen LogP contribution in [0, 0.1) is 13.8 Å². The molecule has 0 bridgehead atoms. The normalized spacial score (nSPS) is 11.6. The molecule has 5 nitrogen and oxygen atoms in total. The van der Waals surface area contributed by atoms with E-state index in [1.807, 2.05) is 30.3 Å². The second-order valence-corrected chi connectivity index (χ2v) is 8.86. The third kappa shape index (κ3) is 4.24. The fraction of sp³-hybridized carbons (Fsp3) is 0.167. The molecular formula is C18H16Cl3N3O2S. The summed E-state index contributed by atoms with van der Waals surface area (Å²) in [6, 6.07) is 12.3. The Morgan fingerprint density at radius 2 is 1.63 bits per heavy atom. The smallest absolute Gasteiger partial charge is 0.263 e. The Hall–Kier alpha value is -1.73. The lowest BCUT2D eigenvalue weighted by atomic mass is 10.2. The molecule has 9 heteroatoms. The SMILES string of the molecule is Cc1nn(Cc2ccccc2)c(C)c1NS(=O)(=O)c1cc(Cl)c(Cl)cc1Cl. The van der Waals surface area contributed by atoms with Gasteiger partial charge >= 0.3 is 0 Å². The van der Waals surface area contributed by atoms with Gasteiger partial charge in [-0.05, 0) is 31.5 Å². The molecule has 0 saturated heterocycles. The summed E-state index contributed by atoms with van der Waals surface area (Å²) < 4.78 is 30.0. The van der Waals surface area contributed by atoms with E-state index in [0.29, 0.717) is 23.6 Å². The second-order valence-electron chi connectivity index (χ2n) is 5.99. The Kier molecular flexibility index (Phi) is 5.72. The van der Waals surface area contributed by atoms with Crippen molar-refractivity contribution in [1.29, 1.82) is 0 Å². The molecule has 0 spiro atoms. The minimum absolute atomic E-state index is 0.0103. The highest BCUT2D eigenvalue weighted by atomic mass is 35.5. The van der Waals surface area contributed by atoms with Crippen LogP contribution in [0.3, 0.4) is 0 Å². The third-order valence-electron chi connectivity index (χ3n) is 4.06. The van der Waals surface area contributed by atoms with Gasteiger partial charge in [-0.25, -0.2) is 8.42 Å². The molecular weight excluding hydrogens is 429 g/mol. The van der Waals surface area contributed by atoms with E-state index in [4.69, 9.17) is 34.8 Å². The summed E-state index contributed by atoms with van der Waals surface area (Å²) in [5.41, 5.74) is 2.72. The number of halogens is 3. The monoisotopic (exact) mass is 443 g/mol. The molecule has 0 saturated carbocycles. The topological polar surface area (TPSA) is 64.0 Å². The van der Waals surface area contributed by atoms with Gasteiger partial charge in [0.1, 0.15) is 4.90 Å². The number of hydrogen-bond acceptors (Lipinski definition) is 3. The van der Waals surface area contributed by atoms with Crippen LogP contribution in [0.25, 0.3) is 0 Å². The summed E-state index contributed by atoms with van der Waals surface area (Å²) in [7, 11) is -3.97. The van der Waals surface area contributed by atoms with Gasteiger partial charge in [0.25, 0.3) is 10.0 Å². The minimum Gasteiger partial charge on any atom is -0.276 e. The maximum absolute atomic E-state index is 12.8. The molecule has 0 atom stereocenters. The van der Waals surface area contributed by atoms with Gasteiger partial charge in [-0.3, -0.25) is 9.40 Å². The van der Waals surface area contributed by atoms with Crippen LogP contribution in [-0.2, 0) is 16.6 Å². The van der Waals surface area contributed by atoms with Crippen LogP contribution in [0.1, 0.15) is 17.0 Å². The van der Waals surface area contributed by atoms with E-state index in [1.54, 1.807) is 18.5 Å². The van der Waals surface area contributed by atoms with Crippen LogP contribution in [0.5, 0.6) is 0 Å². The maximum atomic E-state index is 12.8. The predicted octanol–water partition coefficient (Wildman–Crippen LogP) is 5.31. The van der Waals surface area contributed by atoms with Crippen LogP contribution < -0.4 is 4.72 Å². The number of nitrogens with one attached hydrogen (secondary N) is 1. The molecule has 1 heterocycles. The van der Waals surface area contributed by atoms with E-state index in [-0.39, 0.29) is 20.0 Å². The molecule has 2 aromatic carbocycles. The first kappa shape index (κ1) is 20.0. The fourth-order valence-corrected chi connectivity index (χ4v) is 4.83. The van der Waals surface area contributed by atoms with E-state index >= 15 is 0 Å². The van der Waals surface area contributed by atoms with Gasteiger partial charge in [0.05, 0.1) is 38.7 Å². The first-order valence-electron chi connectivity index (χ1n) is 7.94. The molecule has 3 aromatic rings. The van der Waals surface area contributed by atoms with Crippen LogP contribution in [-0.4, -0.2) is 18.2 Å². The zero-order chi connectivity index (χ0) is 19.8. The molecule has 142 valence electrons. The van der Waals surface area contributed by atoms with Crippen molar-refractivity contribution in [2.75, 3.05) is 4.72 Å². The van der Waals surface area contributed by atoms with Crippen molar-refractivity contribution in [2.45, 2.75) is 25.3 Å². The molecule has 1 aromatic heterocycles. The lowest BCUT2D eigenvalue weighted by Gasteiger charge is -2.11. The van der Waals surface area contributed by atoms with Crippen molar-refractivity contribution in [3.63, 3.8) is 0 Å². The van der Waals surface area contributed by atoms with Gasteiger partial charge in [0, 0.05) is 0 Å². The molecule has 0 amide bonds. The number of aryl methyl sites for hydroxylation is 1. The van der Waals surface area contributed by atoms with Gasteiger partial charge in [0.15, 0.2) is 0 Å². The summed E-state index contributed by atoms with van der Waals surface area (Å²) in [6.45, 7) is 4.07. The molecule has 0 aliphatic heterocycles. The van der Waals surface area contributed by atoms with E-state index in [9.17, 15) is 8.42 Å². The number of nitrogens with zero attached hydrogens (tertiary/aromatic N) is 2. The number of aromatic nitrogens is 2. The van der Waals surface area contributed by atoms with E-state index in [0.717, 1.165) is 5.56 Å². The largest absolute Gasteiger partial charge is 0.276 e. The van der Waals surface area contributed by atoms with E-state index in [2.05, 4.69) is 9.82 Å². The van der Waals surface area contributed by atoms with E-state index in [1.165, 1.54) is 12.1 Å². The quantitative estimate of drug-likeness (QED) is 0.542. The highest BCUT2D eigenvalue weighted by Gasteiger charge is 2.23. The van der Waals surface area contributed by atoms with Crippen molar-refractivity contribution in [1.82, 2.24) is 9.78 Å². The Labute approximate surface area is 172 Å². The lowest BCUT2D eigenvalue weighted by Crippen LogP contribution is -2.15. The van der Waals surface area contributed by atoms with Crippen molar-refractivity contribution in [3.05, 3.63) is 74.5 Å². The highest BCUT2D eigenvalue weighted by molar-refractivity contribution is 7.92. The van der Waals surface area contributed by atoms with Gasteiger partial charge < -0.3 is 0 Å². The highest BCUT2D eigenvalue weighted by Crippen LogP contribution is 2.33. The Morgan fingerprint density at radius 3 is 2.30 bits per heavy atom. The number of benzene rings is 2. The van der Waals surface area contributed by atoms with Crippen LogP contribution in [0.2, 0.25) is 15.1 Å². The Bertz CT molecular complexity index is 1100. The molecule has 0 fully saturated rings. The van der Waals surface area contributed by atoms with Crippen molar-refractivity contribution in [2.24, 2.45) is 0 Å². The van der Waals surface area contributed by atoms with Gasteiger partial charge in [0.2, 0.25) is 0 Å². The first-order chi connectivity index (χ1) is 12.7. The second kappa shape index (κ2) is 7.72. The average Bonchev–Trinajstić information content (AvgIpc) is 2.86. The van der Waals surface area contributed by atoms with E-state index < -0.39 is 10.0 Å². The van der Waals surface area contributed by atoms with Crippen LogP contribution in [0.15, 0.2) is 47.4 Å². The Morgan fingerprint density at radius 1 is 1.00 bits per heavy atom. The maximum Gasteiger partial charge on any atom is 0.263 e. The standard InChI is InChI=1S/C18H16Cl3N3O2S/c1-11-18(12(2)24(22-11)10-13-6-4-3-5-7-13)23-27(25,26)17-9-15(20)14(19)8-16(17)21/h3-9,23H,10H2,1-2H3. The number of hydrogen-bond donors (Lipinski definition) is 1. The Balaban J connectivity index is 1.95. The third-order valence-corrected chi connectivity index (χ3v) is 6.59.